The summed E-state index contributed by atoms with van der Waals surface area (Å²) in [6.45, 7) is 3.12. The molecule has 1 unspecified atom stereocenters. The molecule has 4 rings (SSSR count). The van der Waals surface area contributed by atoms with Crippen molar-refractivity contribution in [2.24, 2.45) is 11.8 Å². The molecule has 3 aliphatic heterocycles. The van der Waals surface area contributed by atoms with E-state index in [1.165, 1.54) is 12.8 Å². The number of hydrogen-bond donors (Lipinski definition) is 1. The monoisotopic (exact) mass is 315 g/mol. The van der Waals surface area contributed by atoms with Gasteiger partial charge in [0, 0.05) is 25.5 Å². The van der Waals surface area contributed by atoms with Gasteiger partial charge in [0.25, 0.3) is 0 Å². The molecule has 1 N–H and O–H groups in total. The molecule has 4 fully saturated rings. The fourth-order valence-electron chi connectivity index (χ4n) is 4.60. The summed E-state index contributed by atoms with van der Waals surface area (Å²) in [5.41, 5.74) is -1.76. The van der Waals surface area contributed by atoms with Crippen molar-refractivity contribution in [1.82, 2.24) is 4.90 Å². The standard InChI is InChI=1S/C20H29NO2/c1-3-19(22,17-8-6-4-5-7-9-17)12-13-20(23-2)16-21-14-10-18(20)11-15-21/h1,17-18,22H,4-11,14-16H2,2H3/t19?,20-/m1/s1. The second-order valence-corrected chi connectivity index (χ2v) is 7.49. The van der Waals surface area contributed by atoms with Crippen LogP contribution in [0.5, 0.6) is 0 Å². The van der Waals surface area contributed by atoms with Crippen LogP contribution in [0.4, 0.5) is 0 Å². The second kappa shape index (κ2) is 6.86. The number of aliphatic hydroxyl groups is 1. The Kier molecular flexibility index (Phi) is 5.02. The minimum Gasteiger partial charge on any atom is -0.367 e. The predicted octanol–water partition coefficient (Wildman–Crippen LogP) is 2.44. The van der Waals surface area contributed by atoms with Crippen molar-refractivity contribution in [3.63, 3.8) is 0 Å². The molecule has 0 radical (unpaired) electrons. The quantitative estimate of drug-likeness (QED) is 0.627. The normalized spacial score (nSPS) is 37.1. The van der Waals surface area contributed by atoms with Crippen LogP contribution in [0.3, 0.4) is 0 Å². The van der Waals surface area contributed by atoms with Crippen LogP contribution in [0, 0.1) is 36.0 Å². The maximum absolute atomic E-state index is 11.0. The van der Waals surface area contributed by atoms with Gasteiger partial charge < -0.3 is 9.84 Å². The number of nitrogens with zero attached hydrogens (tertiary/aromatic N) is 1. The molecule has 4 aliphatic rings. The number of rotatable bonds is 2. The average molecular weight is 315 g/mol. The molecule has 2 atom stereocenters. The minimum atomic E-state index is -1.30. The van der Waals surface area contributed by atoms with Gasteiger partial charge in [-0.2, -0.15) is 0 Å². The Bertz CT molecular complexity index is 512. The van der Waals surface area contributed by atoms with E-state index in [0.29, 0.717) is 5.92 Å². The molecule has 1 saturated carbocycles. The van der Waals surface area contributed by atoms with E-state index in [0.717, 1.165) is 58.2 Å². The van der Waals surface area contributed by atoms with Gasteiger partial charge in [-0.3, -0.25) is 4.90 Å². The molecule has 3 nitrogen and oxygen atoms in total. The number of hydrogen-bond acceptors (Lipinski definition) is 3. The first kappa shape index (κ1) is 16.8. The molecule has 3 heterocycles. The smallest absolute Gasteiger partial charge is 0.190 e. The van der Waals surface area contributed by atoms with E-state index in [4.69, 9.17) is 11.2 Å². The van der Waals surface area contributed by atoms with Crippen LogP contribution in [-0.4, -0.2) is 48.0 Å². The van der Waals surface area contributed by atoms with Crippen LogP contribution in [0.2, 0.25) is 0 Å². The molecule has 0 spiro atoms. The van der Waals surface area contributed by atoms with Crippen LogP contribution in [0.25, 0.3) is 0 Å². The highest BCUT2D eigenvalue weighted by Crippen LogP contribution is 2.38. The summed E-state index contributed by atoms with van der Waals surface area (Å²) in [5.74, 6) is 9.59. The molecular formula is C20H29NO2. The van der Waals surface area contributed by atoms with E-state index < -0.39 is 11.2 Å². The maximum Gasteiger partial charge on any atom is 0.190 e. The topological polar surface area (TPSA) is 32.7 Å². The van der Waals surface area contributed by atoms with Crippen molar-refractivity contribution >= 4 is 0 Å². The van der Waals surface area contributed by atoms with Gasteiger partial charge in [-0.1, -0.05) is 43.4 Å². The number of piperidine rings is 3. The van der Waals surface area contributed by atoms with Crippen molar-refractivity contribution in [3.05, 3.63) is 0 Å². The zero-order valence-corrected chi connectivity index (χ0v) is 14.3. The van der Waals surface area contributed by atoms with Crippen LogP contribution in [0.15, 0.2) is 0 Å². The lowest BCUT2D eigenvalue weighted by Crippen LogP contribution is -2.59. The molecule has 1 aliphatic carbocycles. The third-order valence-electron chi connectivity index (χ3n) is 6.20. The van der Waals surface area contributed by atoms with E-state index >= 15 is 0 Å². The first-order valence-electron chi connectivity index (χ1n) is 9.14. The lowest BCUT2D eigenvalue weighted by atomic mass is 9.74. The molecular weight excluding hydrogens is 286 g/mol. The van der Waals surface area contributed by atoms with Crippen molar-refractivity contribution in [1.29, 1.82) is 0 Å². The molecule has 23 heavy (non-hydrogen) atoms. The first-order chi connectivity index (χ1) is 11.1. The lowest BCUT2D eigenvalue weighted by molar-refractivity contribution is -0.0965. The van der Waals surface area contributed by atoms with Gasteiger partial charge >= 0.3 is 0 Å². The Balaban J connectivity index is 1.83. The van der Waals surface area contributed by atoms with E-state index in [1.807, 2.05) is 0 Å². The highest BCUT2D eigenvalue weighted by Gasteiger charge is 2.46. The van der Waals surface area contributed by atoms with Crippen LogP contribution in [-0.2, 0) is 4.74 Å². The van der Waals surface area contributed by atoms with Gasteiger partial charge in [-0.05, 0) is 38.8 Å². The summed E-state index contributed by atoms with van der Waals surface area (Å²) < 4.78 is 5.87. The van der Waals surface area contributed by atoms with Gasteiger partial charge in [0.05, 0.1) is 0 Å². The van der Waals surface area contributed by atoms with Gasteiger partial charge in [0.15, 0.2) is 5.60 Å². The highest BCUT2D eigenvalue weighted by atomic mass is 16.5. The summed E-state index contributed by atoms with van der Waals surface area (Å²) >= 11 is 0. The Hall–Kier alpha value is -1.00. The molecule has 0 aromatic heterocycles. The molecule has 0 aromatic rings. The second-order valence-electron chi connectivity index (χ2n) is 7.49. The number of terminal acetylenes is 1. The van der Waals surface area contributed by atoms with E-state index in [2.05, 4.69) is 22.7 Å². The molecule has 0 amide bonds. The maximum atomic E-state index is 11.0. The fraction of sp³-hybridized carbons (Fsp3) is 0.800. The van der Waals surface area contributed by atoms with Crippen molar-refractivity contribution < 1.29 is 9.84 Å². The van der Waals surface area contributed by atoms with Crippen molar-refractivity contribution in [2.75, 3.05) is 26.7 Å². The van der Waals surface area contributed by atoms with Crippen molar-refractivity contribution in [3.8, 4) is 24.2 Å². The van der Waals surface area contributed by atoms with Gasteiger partial charge in [-0.15, -0.1) is 6.42 Å². The lowest BCUT2D eigenvalue weighted by Gasteiger charge is -2.49. The predicted molar refractivity (Wildman–Crippen MR) is 91.7 cm³/mol. The van der Waals surface area contributed by atoms with Crippen LogP contribution < -0.4 is 0 Å². The summed E-state index contributed by atoms with van der Waals surface area (Å²) in [7, 11) is 1.75. The molecule has 126 valence electrons. The fourth-order valence-corrected chi connectivity index (χ4v) is 4.60. The average Bonchev–Trinajstić information content (AvgIpc) is 2.90. The van der Waals surface area contributed by atoms with E-state index in [9.17, 15) is 5.11 Å². The third kappa shape index (κ3) is 3.29. The Morgan fingerprint density at radius 2 is 1.78 bits per heavy atom. The zero-order valence-electron chi connectivity index (χ0n) is 14.3. The summed E-state index contributed by atoms with van der Waals surface area (Å²) in [5, 5.41) is 11.0. The van der Waals surface area contributed by atoms with Gasteiger partial charge in [0.1, 0.15) is 5.60 Å². The van der Waals surface area contributed by atoms with Crippen LogP contribution in [0.1, 0.15) is 51.4 Å². The molecule has 3 saturated heterocycles. The molecule has 0 aromatic carbocycles. The zero-order chi connectivity index (χ0) is 16.3. The SMILES string of the molecule is C#CC(O)(C#C[C@@]1(OC)CN2CCC1CC2)C1CCCCCC1. The van der Waals surface area contributed by atoms with Gasteiger partial charge in [-0.25, -0.2) is 0 Å². The minimum absolute atomic E-state index is 0.0949. The largest absolute Gasteiger partial charge is 0.367 e. The van der Waals surface area contributed by atoms with E-state index in [1.54, 1.807) is 7.11 Å². The third-order valence-corrected chi connectivity index (χ3v) is 6.20. The van der Waals surface area contributed by atoms with E-state index in [-0.39, 0.29) is 5.92 Å². The molecule has 2 bridgehead atoms. The summed E-state index contributed by atoms with van der Waals surface area (Å²) in [6.07, 6.45) is 14.7. The number of methoxy groups -OCH3 is 1. The Morgan fingerprint density at radius 1 is 1.13 bits per heavy atom. The number of fused-ring (bicyclic) bond motifs is 3. The number of ether oxygens (including phenoxy) is 1. The van der Waals surface area contributed by atoms with Crippen LogP contribution >= 0.6 is 0 Å². The van der Waals surface area contributed by atoms with Gasteiger partial charge in [0.2, 0.25) is 0 Å². The Morgan fingerprint density at radius 3 is 2.26 bits per heavy atom. The summed E-state index contributed by atoms with van der Waals surface area (Å²) in [4.78, 5) is 2.42. The molecule has 3 heteroatoms. The highest BCUT2D eigenvalue weighted by molar-refractivity contribution is 5.33. The summed E-state index contributed by atoms with van der Waals surface area (Å²) in [6, 6.07) is 0. The first-order valence-corrected chi connectivity index (χ1v) is 9.14. The van der Waals surface area contributed by atoms with Crippen molar-refractivity contribution in [2.45, 2.75) is 62.6 Å². The Labute approximate surface area is 140 Å².